The number of nitrogens with zero attached hydrogens (tertiary/aromatic N) is 3. The van der Waals surface area contributed by atoms with Crippen LogP contribution in [0.5, 0.6) is 0 Å². The third kappa shape index (κ3) is 4.42. The van der Waals surface area contributed by atoms with Crippen molar-refractivity contribution in [3.8, 4) is 6.07 Å². The molecule has 0 saturated carbocycles. The molecule has 1 aliphatic rings. The van der Waals surface area contributed by atoms with Crippen LogP contribution in [0.25, 0.3) is 0 Å². The van der Waals surface area contributed by atoms with Crippen molar-refractivity contribution in [1.82, 2.24) is 0 Å². The van der Waals surface area contributed by atoms with Gasteiger partial charge in [0.1, 0.15) is 5.41 Å². The molecule has 0 saturated heterocycles. The molecule has 0 fully saturated rings. The van der Waals surface area contributed by atoms with Gasteiger partial charge in [-0.1, -0.05) is 0 Å². The van der Waals surface area contributed by atoms with Gasteiger partial charge in [0.25, 0.3) is 0 Å². The molecule has 1 aromatic carbocycles. The Bertz CT molecular complexity index is 936. The Kier molecular flexibility index (Phi) is 6.49. The summed E-state index contributed by atoms with van der Waals surface area (Å²) in [7, 11) is -4.20. The van der Waals surface area contributed by atoms with E-state index >= 15 is 0 Å². The van der Waals surface area contributed by atoms with Crippen LogP contribution in [0.3, 0.4) is 0 Å². The number of halogens is 3. The van der Waals surface area contributed by atoms with Crippen LogP contribution in [0, 0.1) is 16.7 Å². The first-order chi connectivity index (χ1) is 12.6. The van der Waals surface area contributed by atoms with Crippen molar-refractivity contribution in [3.05, 3.63) is 23.8 Å². The van der Waals surface area contributed by atoms with E-state index < -0.39 is 21.0 Å². The lowest BCUT2D eigenvalue weighted by Crippen LogP contribution is -2.47. The average Bonchev–Trinajstić information content (AvgIpc) is 2.63. The van der Waals surface area contributed by atoms with Gasteiger partial charge in [-0.25, -0.2) is 0 Å². The molecular formula is C16H18F3N3O5S. The van der Waals surface area contributed by atoms with Crippen LogP contribution in [0.1, 0.15) is 26.3 Å². The van der Waals surface area contributed by atoms with Crippen LogP contribution in [-0.2, 0) is 19.7 Å². The van der Waals surface area contributed by atoms with Gasteiger partial charge in [-0.3, -0.25) is 14.1 Å². The summed E-state index contributed by atoms with van der Waals surface area (Å²) in [5.41, 5.74) is -4.93. The first-order valence-corrected chi connectivity index (χ1v) is 9.21. The highest BCUT2D eigenvalue weighted by atomic mass is 32.2. The highest BCUT2D eigenvalue weighted by molar-refractivity contribution is 7.86. The van der Waals surface area contributed by atoms with E-state index in [2.05, 4.69) is 6.07 Å². The number of hydrogen-bond donors (Lipinski definition) is 1. The quantitative estimate of drug-likeness (QED) is 0.422. The number of benzene rings is 1. The molecule has 1 N–H and O–H groups in total. The minimum Gasteiger partial charge on any atom is -0.313 e. The van der Waals surface area contributed by atoms with Crippen LogP contribution in [-0.4, -0.2) is 43.9 Å². The monoisotopic (exact) mass is 421 g/mol. The molecule has 0 atom stereocenters. The molecule has 1 heterocycles. The maximum absolute atomic E-state index is 12.6. The number of anilines is 2. The Morgan fingerprint density at radius 2 is 1.68 bits per heavy atom. The fourth-order valence-electron chi connectivity index (χ4n) is 2.47. The summed E-state index contributed by atoms with van der Waals surface area (Å²) < 4.78 is 57.5. The lowest BCUT2D eigenvalue weighted by Gasteiger charge is -2.27. The second-order valence-electron chi connectivity index (χ2n) is 6.27. The Morgan fingerprint density at radius 3 is 2.07 bits per heavy atom. The Labute approximate surface area is 159 Å². The van der Waals surface area contributed by atoms with Gasteiger partial charge in [0, 0.05) is 13.6 Å². The van der Waals surface area contributed by atoms with Crippen molar-refractivity contribution < 1.29 is 35.7 Å². The average molecular weight is 421 g/mol. The van der Waals surface area contributed by atoms with Gasteiger partial charge in [0.15, 0.2) is 0 Å². The van der Waals surface area contributed by atoms with Crippen molar-refractivity contribution in [2.24, 2.45) is 5.41 Å². The molecule has 1 aromatic rings. The predicted molar refractivity (Wildman–Crippen MR) is 94.0 cm³/mol. The fraction of sp³-hybridized carbons (Fsp3) is 0.438. The van der Waals surface area contributed by atoms with Gasteiger partial charge in [-0.05, 0) is 39.0 Å². The highest BCUT2D eigenvalue weighted by Gasteiger charge is 2.45. The lowest BCUT2D eigenvalue weighted by molar-refractivity contribution is -0.137. The van der Waals surface area contributed by atoms with E-state index in [1.807, 2.05) is 6.92 Å². The smallest absolute Gasteiger partial charge is 0.313 e. The van der Waals surface area contributed by atoms with E-state index in [0.717, 1.165) is 0 Å². The summed E-state index contributed by atoms with van der Waals surface area (Å²) in [6, 6.07) is 7.08. The number of amides is 2. The third-order valence-electron chi connectivity index (χ3n) is 3.98. The van der Waals surface area contributed by atoms with E-state index in [1.54, 1.807) is 44.0 Å². The molecule has 0 aromatic heterocycles. The Balaban J connectivity index is 0.000000416. The van der Waals surface area contributed by atoms with Crippen LogP contribution in [0.4, 0.5) is 24.5 Å². The number of rotatable bonds is 1. The van der Waals surface area contributed by atoms with Crippen molar-refractivity contribution in [1.29, 1.82) is 5.26 Å². The molecule has 2 amide bonds. The second-order valence-corrected chi connectivity index (χ2v) is 7.69. The zero-order valence-electron chi connectivity index (χ0n) is 15.4. The molecule has 0 unspecified atom stereocenters. The van der Waals surface area contributed by atoms with Crippen LogP contribution in [0.15, 0.2) is 18.2 Å². The largest absolute Gasteiger partial charge is 0.522 e. The summed E-state index contributed by atoms with van der Waals surface area (Å²) in [5.74, 6) is -0.491. The maximum atomic E-state index is 12.6. The van der Waals surface area contributed by atoms with Gasteiger partial charge in [0.2, 0.25) is 11.8 Å². The zero-order chi connectivity index (χ0) is 22.1. The van der Waals surface area contributed by atoms with Crippen molar-refractivity contribution >= 4 is 33.3 Å². The number of alkyl halides is 3. The molecular weight excluding hydrogens is 403 g/mol. The SMILES string of the molecule is CCN1C(=O)C(C)(C)C(=O)N(C)c2cc(C#N)ccc21.O=S(=O)(O)C(F)(F)F. The molecule has 8 nitrogen and oxygen atoms in total. The highest BCUT2D eigenvalue weighted by Crippen LogP contribution is 2.38. The van der Waals surface area contributed by atoms with Crippen molar-refractivity contribution in [3.63, 3.8) is 0 Å². The summed E-state index contributed by atoms with van der Waals surface area (Å²) in [6.45, 7) is 5.61. The number of carbonyl (C=O) groups is 2. The van der Waals surface area contributed by atoms with Crippen LogP contribution < -0.4 is 9.80 Å². The van der Waals surface area contributed by atoms with E-state index in [-0.39, 0.29) is 11.8 Å². The van der Waals surface area contributed by atoms with Gasteiger partial charge < -0.3 is 9.80 Å². The molecule has 12 heteroatoms. The molecule has 28 heavy (non-hydrogen) atoms. The minimum atomic E-state index is -5.84. The molecule has 1 aliphatic heterocycles. The predicted octanol–water partition coefficient (Wildman–Crippen LogP) is 2.31. The van der Waals surface area contributed by atoms with Gasteiger partial charge >= 0.3 is 15.6 Å². The lowest BCUT2D eigenvalue weighted by atomic mass is 9.90. The van der Waals surface area contributed by atoms with Crippen LogP contribution >= 0.6 is 0 Å². The number of nitriles is 1. The van der Waals surface area contributed by atoms with E-state index in [9.17, 15) is 22.8 Å². The minimum absolute atomic E-state index is 0.222. The summed E-state index contributed by atoms with van der Waals surface area (Å²) >= 11 is 0. The van der Waals surface area contributed by atoms with E-state index in [1.165, 1.54) is 4.90 Å². The Morgan fingerprint density at radius 1 is 1.18 bits per heavy atom. The number of fused-ring (bicyclic) bond motifs is 1. The summed E-state index contributed by atoms with van der Waals surface area (Å²) in [4.78, 5) is 28.1. The summed E-state index contributed by atoms with van der Waals surface area (Å²) in [6.07, 6.45) is 0. The number of carbonyl (C=O) groups excluding carboxylic acids is 2. The van der Waals surface area contributed by atoms with E-state index in [0.29, 0.717) is 23.5 Å². The normalized spacial score (nSPS) is 16.5. The fourth-order valence-corrected chi connectivity index (χ4v) is 2.47. The van der Waals surface area contributed by atoms with Crippen molar-refractivity contribution in [2.45, 2.75) is 26.3 Å². The first-order valence-electron chi connectivity index (χ1n) is 7.77. The topological polar surface area (TPSA) is 119 Å². The molecule has 2 rings (SSSR count). The summed E-state index contributed by atoms with van der Waals surface area (Å²) in [5, 5.41) is 9.01. The second kappa shape index (κ2) is 7.76. The maximum Gasteiger partial charge on any atom is 0.522 e. The molecule has 154 valence electrons. The van der Waals surface area contributed by atoms with Gasteiger partial charge in [-0.2, -0.15) is 26.9 Å². The van der Waals surface area contributed by atoms with Gasteiger partial charge in [-0.15, -0.1) is 0 Å². The molecule has 0 bridgehead atoms. The number of hydrogen-bond acceptors (Lipinski definition) is 5. The molecule has 0 aliphatic carbocycles. The first kappa shape index (κ1) is 23.4. The standard InChI is InChI=1S/C15H17N3O2.CHF3O3S/c1-5-18-11-7-6-10(9-16)8-12(11)17(4)13(19)15(2,3)14(18)20;2-1(3,4)8(5,6)7/h6-8H,5H2,1-4H3;(H,5,6,7). The third-order valence-corrected chi connectivity index (χ3v) is 4.57. The van der Waals surface area contributed by atoms with Crippen LogP contribution in [0.2, 0.25) is 0 Å². The molecule has 0 spiro atoms. The van der Waals surface area contributed by atoms with Gasteiger partial charge in [0.05, 0.1) is 23.0 Å². The van der Waals surface area contributed by atoms with E-state index in [4.69, 9.17) is 18.2 Å². The zero-order valence-corrected chi connectivity index (χ0v) is 16.2. The Hall–Kier alpha value is -2.65. The van der Waals surface area contributed by atoms with Crippen molar-refractivity contribution in [2.75, 3.05) is 23.4 Å². The molecule has 0 radical (unpaired) electrons.